The predicted octanol–water partition coefficient (Wildman–Crippen LogP) is 5.81. The molecule has 1 spiro atoms. The van der Waals surface area contributed by atoms with Gasteiger partial charge >= 0.3 is 0 Å². The van der Waals surface area contributed by atoms with Crippen molar-refractivity contribution in [1.29, 1.82) is 0 Å². The highest BCUT2D eigenvalue weighted by Gasteiger charge is 2.66. The first-order valence-corrected chi connectivity index (χ1v) is 13.1. The molecule has 198 valence electrons. The highest BCUT2D eigenvalue weighted by atomic mass is 35.5. The predicted molar refractivity (Wildman–Crippen MR) is 150 cm³/mol. The van der Waals surface area contributed by atoms with Crippen LogP contribution in [0.1, 0.15) is 44.1 Å². The van der Waals surface area contributed by atoms with E-state index in [1.165, 1.54) is 4.90 Å². The van der Waals surface area contributed by atoms with Gasteiger partial charge in [-0.1, -0.05) is 47.1 Å². The van der Waals surface area contributed by atoms with Crippen LogP contribution in [0.15, 0.2) is 80.5 Å². The normalized spacial score (nSPS) is 17.8. The smallest absolute Gasteiger partial charge is 0.297 e. The molecule has 0 saturated carbocycles. The summed E-state index contributed by atoms with van der Waals surface area (Å²) >= 11 is 6.10. The lowest BCUT2D eigenvalue weighted by atomic mass is 9.83. The number of rotatable bonds is 3. The van der Waals surface area contributed by atoms with Crippen LogP contribution < -0.4 is 15.2 Å². The summed E-state index contributed by atoms with van der Waals surface area (Å²) in [5.41, 5.74) is 1.68. The molecule has 5 aromatic rings. The third-order valence-corrected chi connectivity index (χ3v) is 8.09. The number of para-hydroxylation sites is 1. The van der Waals surface area contributed by atoms with Crippen molar-refractivity contribution in [2.24, 2.45) is 0 Å². The van der Waals surface area contributed by atoms with Crippen LogP contribution in [-0.2, 0) is 16.9 Å². The number of fused-ring (bicyclic) bond motifs is 5. The molecule has 8 nitrogen and oxygen atoms in total. The van der Waals surface area contributed by atoms with Gasteiger partial charge < -0.3 is 13.8 Å². The minimum Gasteiger partial charge on any atom is -0.450 e. The van der Waals surface area contributed by atoms with Crippen molar-refractivity contribution in [3.63, 3.8) is 0 Å². The van der Waals surface area contributed by atoms with Crippen molar-refractivity contribution < 1.29 is 18.5 Å². The molecule has 7 rings (SSSR count). The molecular formula is C31H22ClN3O5. The molecule has 9 heteroatoms. The van der Waals surface area contributed by atoms with Gasteiger partial charge in [-0.2, -0.15) is 0 Å². The molecule has 0 saturated heterocycles. The second-order valence-corrected chi connectivity index (χ2v) is 10.7. The molecule has 3 aromatic carbocycles. The molecule has 0 bridgehead atoms. The van der Waals surface area contributed by atoms with E-state index in [2.05, 4.69) is 5.16 Å². The maximum Gasteiger partial charge on any atom is 0.297 e. The lowest BCUT2D eigenvalue weighted by molar-refractivity contribution is -0.121. The number of amides is 2. The maximum absolute atomic E-state index is 14.8. The van der Waals surface area contributed by atoms with Crippen molar-refractivity contribution >= 4 is 45.9 Å². The van der Waals surface area contributed by atoms with Gasteiger partial charge in [0.25, 0.3) is 11.8 Å². The second-order valence-electron chi connectivity index (χ2n) is 10.2. The third-order valence-electron chi connectivity index (χ3n) is 7.84. The van der Waals surface area contributed by atoms with Crippen molar-refractivity contribution in [2.45, 2.75) is 32.9 Å². The van der Waals surface area contributed by atoms with E-state index in [0.717, 1.165) is 16.7 Å². The van der Waals surface area contributed by atoms with E-state index in [-0.39, 0.29) is 29.3 Å². The highest BCUT2D eigenvalue weighted by Crippen LogP contribution is 2.54. The van der Waals surface area contributed by atoms with E-state index >= 15 is 0 Å². The standard InChI is InChI=1S/C31H22ClN3O5/c1-16-12-21-24(13-17(16)2)39-28-26(27(21)36)31(35(29(28)37)25-14-18(3)40-33-25)22-6-4-5-7-23(22)34(30(31)38)15-19-8-10-20(32)11-9-19/h4-14H,15H2,1-3H3. The van der Waals surface area contributed by atoms with Crippen LogP contribution in [0.5, 0.6) is 0 Å². The molecular weight excluding hydrogens is 530 g/mol. The summed E-state index contributed by atoms with van der Waals surface area (Å²) in [4.78, 5) is 46.2. The number of carbonyl (C=O) groups is 2. The first kappa shape index (κ1) is 24.4. The Balaban J connectivity index is 1.56. The molecule has 2 aromatic heterocycles. The number of carbonyl (C=O) groups excluding carboxylic acids is 2. The number of nitrogens with zero attached hydrogens (tertiary/aromatic N) is 3. The van der Waals surface area contributed by atoms with Gasteiger partial charge in [-0.15, -0.1) is 0 Å². The Labute approximate surface area is 233 Å². The summed E-state index contributed by atoms with van der Waals surface area (Å²) in [6, 6.07) is 19.4. The molecule has 0 radical (unpaired) electrons. The zero-order valence-corrected chi connectivity index (χ0v) is 22.6. The second kappa shape index (κ2) is 8.40. The van der Waals surface area contributed by atoms with Gasteiger partial charge in [-0.3, -0.25) is 19.3 Å². The summed E-state index contributed by atoms with van der Waals surface area (Å²) in [5.74, 6) is -0.732. The van der Waals surface area contributed by atoms with E-state index < -0.39 is 22.8 Å². The zero-order chi connectivity index (χ0) is 27.9. The molecule has 2 aliphatic heterocycles. The number of hydrogen-bond acceptors (Lipinski definition) is 6. The zero-order valence-electron chi connectivity index (χ0n) is 21.8. The van der Waals surface area contributed by atoms with E-state index in [9.17, 15) is 14.4 Å². The van der Waals surface area contributed by atoms with Gasteiger partial charge in [-0.05, 0) is 67.8 Å². The van der Waals surface area contributed by atoms with E-state index in [1.54, 1.807) is 54.3 Å². The van der Waals surface area contributed by atoms with Crippen LogP contribution in [0.25, 0.3) is 11.0 Å². The summed E-state index contributed by atoms with van der Waals surface area (Å²) in [6.45, 7) is 5.69. The molecule has 1 atom stereocenters. The summed E-state index contributed by atoms with van der Waals surface area (Å²) in [7, 11) is 0. The van der Waals surface area contributed by atoms with Crippen molar-refractivity contribution in [3.05, 3.63) is 121 Å². The van der Waals surface area contributed by atoms with Crippen LogP contribution in [0.4, 0.5) is 11.5 Å². The molecule has 1 unspecified atom stereocenters. The molecule has 0 fully saturated rings. The topological polar surface area (TPSA) is 96.9 Å². The Morgan fingerprint density at radius 1 is 0.925 bits per heavy atom. The largest absolute Gasteiger partial charge is 0.450 e. The Morgan fingerprint density at radius 3 is 2.38 bits per heavy atom. The number of hydrogen-bond donors (Lipinski definition) is 0. The fraction of sp³-hybridized carbons (Fsp3) is 0.161. The van der Waals surface area contributed by atoms with Gasteiger partial charge in [0.05, 0.1) is 23.2 Å². The number of halogens is 1. The Morgan fingerprint density at radius 2 is 1.65 bits per heavy atom. The number of benzene rings is 3. The minimum atomic E-state index is -1.84. The molecule has 0 N–H and O–H groups in total. The average molecular weight is 552 g/mol. The highest BCUT2D eigenvalue weighted by molar-refractivity contribution is 6.30. The lowest BCUT2D eigenvalue weighted by Gasteiger charge is -2.32. The lowest BCUT2D eigenvalue weighted by Crippen LogP contribution is -2.53. The van der Waals surface area contributed by atoms with Gasteiger partial charge in [0.2, 0.25) is 5.76 Å². The molecule has 2 amide bonds. The minimum absolute atomic E-state index is 0.0232. The first-order chi connectivity index (χ1) is 19.2. The van der Waals surface area contributed by atoms with Crippen molar-refractivity contribution in [2.75, 3.05) is 9.80 Å². The van der Waals surface area contributed by atoms with Crippen LogP contribution in [-0.4, -0.2) is 17.0 Å². The first-order valence-electron chi connectivity index (χ1n) is 12.7. The molecule has 0 aliphatic carbocycles. The average Bonchev–Trinajstić information content (AvgIpc) is 3.55. The number of aromatic nitrogens is 1. The Kier molecular flexibility index (Phi) is 5.12. The van der Waals surface area contributed by atoms with Crippen LogP contribution in [0.2, 0.25) is 5.02 Å². The molecule has 40 heavy (non-hydrogen) atoms. The van der Waals surface area contributed by atoms with Gasteiger partial charge in [0, 0.05) is 16.7 Å². The summed E-state index contributed by atoms with van der Waals surface area (Å²) in [5, 5.41) is 4.98. The van der Waals surface area contributed by atoms with Crippen molar-refractivity contribution in [1.82, 2.24) is 5.16 Å². The fourth-order valence-corrected chi connectivity index (χ4v) is 5.98. The van der Waals surface area contributed by atoms with Gasteiger partial charge in [0.1, 0.15) is 11.3 Å². The monoisotopic (exact) mass is 551 g/mol. The summed E-state index contributed by atoms with van der Waals surface area (Å²) in [6.07, 6.45) is 0. The van der Waals surface area contributed by atoms with Crippen LogP contribution in [0, 0.1) is 20.8 Å². The van der Waals surface area contributed by atoms with Gasteiger partial charge in [0.15, 0.2) is 16.8 Å². The van der Waals surface area contributed by atoms with Crippen LogP contribution in [0.3, 0.4) is 0 Å². The van der Waals surface area contributed by atoms with E-state index in [0.29, 0.717) is 27.4 Å². The molecule has 2 aliphatic rings. The molecule has 4 heterocycles. The number of aryl methyl sites for hydroxylation is 3. The quantitative estimate of drug-likeness (QED) is 0.281. The van der Waals surface area contributed by atoms with E-state index in [1.807, 2.05) is 38.1 Å². The fourth-order valence-electron chi connectivity index (χ4n) is 5.85. The number of anilines is 2. The third kappa shape index (κ3) is 3.14. The van der Waals surface area contributed by atoms with Crippen molar-refractivity contribution in [3.8, 4) is 0 Å². The summed E-state index contributed by atoms with van der Waals surface area (Å²) < 4.78 is 11.5. The Hall–Kier alpha value is -4.69. The van der Waals surface area contributed by atoms with E-state index in [4.69, 9.17) is 20.5 Å². The SMILES string of the molecule is Cc1cc(N2C(=O)c3oc4cc(C)c(C)cc4c(=O)c3C23C(=O)N(Cc2ccc(Cl)cc2)c2ccccc23)no1. The van der Waals surface area contributed by atoms with Gasteiger partial charge in [-0.25, -0.2) is 0 Å². The Bertz CT molecular complexity index is 1960. The van der Waals surface area contributed by atoms with Crippen LogP contribution >= 0.6 is 11.6 Å². The maximum atomic E-state index is 14.8.